The Hall–Kier alpha value is -3.23. The highest BCUT2D eigenvalue weighted by molar-refractivity contribution is 6.01. The van der Waals surface area contributed by atoms with E-state index in [0.29, 0.717) is 5.56 Å². The van der Waals surface area contributed by atoms with E-state index in [4.69, 9.17) is 4.74 Å². The monoisotopic (exact) mass is 475 g/mol. The van der Waals surface area contributed by atoms with E-state index < -0.39 is 35.3 Å². The first-order chi connectivity index (χ1) is 16.2. The van der Waals surface area contributed by atoms with Crippen molar-refractivity contribution >= 4 is 11.7 Å². The van der Waals surface area contributed by atoms with E-state index in [1.54, 1.807) is 37.4 Å². The van der Waals surface area contributed by atoms with Crippen LogP contribution >= 0.6 is 0 Å². The first kappa shape index (κ1) is 25.4. The average Bonchev–Trinajstić information content (AvgIpc) is 3.17. The summed E-state index contributed by atoms with van der Waals surface area (Å²) < 4.78 is 35.0. The number of methoxy groups -OCH3 is 1. The summed E-state index contributed by atoms with van der Waals surface area (Å²) in [5, 5.41) is 0. The third-order valence-corrected chi connectivity index (χ3v) is 6.52. The van der Waals surface area contributed by atoms with E-state index in [2.05, 4.69) is 5.43 Å². The Morgan fingerprint density at radius 1 is 1.15 bits per heavy atom. The fourth-order valence-corrected chi connectivity index (χ4v) is 4.76. The van der Waals surface area contributed by atoms with E-state index in [1.807, 2.05) is 13.8 Å². The Kier molecular flexibility index (Phi) is 7.43. The van der Waals surface area contributed by atoms with Crippen LogP contribution in [0.3, 0.4) is 0 Å². The highest BCUT2D eigenvalue weighted by Gasteiger charge is 2.53. The number of amides is 1. The Balaban J connectivity index is 0.00000158. The van der Waals surface area contributed by atoms with E-state index in [-0.39, 0.29) is 42.9 Å². The number of ketones is 1. The van der Waals surface area contributed by atoms with Crippen LogP contribution in [-0.2, 0) is 0 Å². The van der Waals surface area contributed by atoms with Crippen molar-refractivity contribution < 1.29 is 23.1 Å². The number of fused-ring (bicyclic) bond motifs is 1. The SMILES string of the molecule is CC.COc1c2n(ccc1=O)NC(CCC1(C(=O)c3ccccc3)CCC(F)(F)C1)N(C)C2=O. The summed E-state index contributed by atoms with van der Waals surface area (Å²) in [6.45, 7) is 4.00. The lowest BCUT2D eigenvalue weighted by Crippen LogP contribution is -2.52. The molecule has 1 amide bonds. The van der Waals surface area contributed by atoms with Gasteiger partial charge in [0.05, 0.1) is 7.11 Å². The van der Waals surface area contributed by atoms with Gasteiger partial charge in [-0.3, -0.25) is 19.1 Å². The van der Waals surface area contributed by atoms with Crippen molar-refractivity contribution in [2.45, 2.75) is 58.0 Å². The largest absolute Gasteiger partial charge is 0.491 e. The van der Waals surface area contributed by atoms with Gasteiger partial charge in [-0.25, -0.2) is 8.78 Å². The van der Waals surface area contributed by atoms with Crippen LogP contribution in [0.4, 0.5) is 8.78 Å². The predicted molar refractivity (Wildman–Crippen MR) is 125 cm³/mol. The van der Waals surface area contributed by atoms with E-state index >= 15 is 0 Å². The molecule has 1 aromatic carbocycles. The number of nitrogens with one attached hydrogen (secondary N) is 1. The van der Waals surface area contributed by atoms with Crippen LogP contribution in [0.5, 0.6) is 5.75 Å². The molecule has 0 saturated heterocycles. The van der Waals surface area contributed by atoms with E-state index in [1.165, 1.54) is 28.9 Å². The minimum atomic E-state index is -2.90. The number of hydrogen-bond acceptors (Lipinski definition) is 5. The van der Waals surface area contributed by atoms with Crippen LogP contribution in [0.25, 0.3) is 0 Å². The van der Waals surface area contributed by atoms with Gasteiger partial charge in [-0.1, -0.05) is 44.2 Å². The van der Waals surface area contributed by atoms with Gasteiger partial charge in [-0.05, 0) is 19.3 Å². The van der Waals surface area contributed by atoms with Crippen molar-refractivity contribution in [3.63, 3.8) is 0 Å². The molecule has 2 aliphatic rings. The van der Waals surface area contributed by atoms with Crippen LogP contribution in [0.1, 0.15) is 66.8 Å². The summed E-state index contributed by atoms with van der Waals surface area (Å²) in [5.41, 5.74) is 2.00. The number of carbonyl (C=O) groups excluding carboxylic acids is 2. The summed E-state index contributed by atoms with van der Waals surface area (Å²) in [4.78, 5) is 39.7. The molecule has 1 aliphatic heterocycles. The zero-order valence-corrected chi connectivity index (χ0v) is 19.9. The molecule has 9 heteroatoms. The Labute approximate surface area is 197 Å². The fourth-order valence-electron chi connectivity index (χ4n) is 4.76. The number of halogens is 2. The number of hydrogen-bond donors (Lipinski definition) is 1. The lowest BCUT2D eigenvalue weighted by molar-refractivity contribution is -0.00435. The van der Waals surface area contributed by atoms with Gasteiger partial charge < -0.3 is 15.1 Å². The Bertz CT molecular complexity index is 1100. The normalized spacial score (nSPS) is 22.8. The van der Waals surface area contributed by atoms with Gasteiger partial charge in [0.25, 0.3) is 5.91 Å². The maximum Gasteiger partial charge on any atom is 0.277 e. The minimum Gasteiger partial charge on any atom is -0.491 e. The van der Waals surface area contributed by atoms with E-state index in [0.717, 1.165) is 0 Å². The van der Waals surface area contributed by atoms with Crippen LogP contribution in [0, 0.1) is 5.41 Å². The molecular formula is C25H31F2N3O4. The molecule has 0 radical (unpaired) electrons. The lowest BCUT2D eigenvalue weighted by atomic mass is 9.74. The molecule has 2 unspecified atom stereocenters. The summed E-state index contributed by atoms with van der Waals surface area (Å²) in [5.74, 6) is -3.68. The standard InChI is InChI=1S/C23H25F2N3O4.C2H6/c1-27-17(26-28-13-9-16(29)19(32-2)18(28)21(27)31)8-10-22(11-12-23(24,25)14-22)20(30)15-6-4-3-5-7-15;1-2/h3-7,9,13,17,26H,8,10-12,14H2,1-2H3;1-2H3. The molecule has 4 rings (SSSR count). The molecular weight excluding hydrogens is 444 g/mol. The van der Waals surface area contributed by atoms with Crippen molar-refractivity contribution in [1.29, 1.82) is 0 Å². The number of ether oxygens (including phenoxy) is 1. The van der Waals surface area contributed by atoms with Crippen LogP contribution in [-0.4, -0.2) is 47.5 Å². The summed E-state index contributed by atoms with van der Waals surface area (Å²) >= 11 is 0. The maximum absolute atomic E-state index is 14.3. The fraction of sp³-hybridized carbons (Fsp3) is 0.480. The molecule has 2 heterocycles. The molecule has 1 aromatic heterocycles. The predicted octanol–water partition coefficient (Wildman–Crippen LogP) is 4.31. The zero-order valence-electron chi connectivity index (χ0n) is 19.9. The van der Waals surface area contributed by atoms with Gasteiger partial charge in [0, 0.05) is 43.1 Å². The van der Waals surface area contributed by atoms with Crippen LogP contribution in [0.2, 0.25) is 0 Å². The van der Waals surface area contributed by atoms with Gasteiger partial charge in [0.2, 0.25) is 11.4 Å². The highest BCUT2D eigenvalue weighted by atomic mass is 19.3. The minimum absolute atomic E-state index is 0.0681. The second kappa shape index (κ2) is 9.95. The van der Waals surface area contributed by atoms with Crippen LogP contribution in [0.15, 0.2) is 47.4 Å². The van der Waals surface area contributed by atoms with Gasteiger partial charge in [-0.2, -0.15) is 0 Å². The van der Waals surface area contributed by atoms with Crippen molar-refractivity contribution in [3.05, 3.63) is 64.1 Å². The first-order valence-corrected chi connectivity index (χ1v) is 11.5. The first-order valence-electron chi connectivity index (χ1n) is 11.5. The Morgan fingerprint density at radius 3 is 2.41 bits per heavy atom. The molecule has 7 nitrogen and oxygen atoms in total. The van der Waals surface area contributed by atoms with Gasteiger partial charge >= 0.3 is 0 Å². The second-order valence-corrected chi connectivity index (χ2v) is 8.54. The maximum atomic E-state index is 14.3. The third-order valence-electron chi connectivity index (χ3n) is 6.52. The zero-order chi connectivity index (χ0) is 25.1. The van der Waals surface area contributed by atoms with Gasteiger partial charge in [0.15, 0.2) is 17.2 Å². The number of Topliss-reactive ketones (excluding diaryl/α,β-unsaturated/α-hetero) is 1. The molecule has 184 valence electrons. The number of aromatic nitrogens is 1. The number of benzene rings is 1. The number of pyridine rings is 1. The van der Waals surface area contributed by atoms with Crippen molar-refractivity contribution in [2.24, 2.45) is 5.41 Å². The molecule has 0 spiro atoms. The number of rotatable bonds is 6. The number of carbonyl (C=O) groups is 2. The molecule has 2 aromatic rings. The average molecular weight is 476 g/mol. The van der Waals surface area contributed by atoms with Crippen molar-refractivity contribution in [3.8, 4) is 5.75 Å². The number of nitrogens with zero attached hydrogens (tertiary/aromatic N) is 2. The highest BCUT2D eigenvalue weighted by Crippen LogP contribution is 2.52. The number of alkyl halides is 2. The molecule has 2 atom stereocenters. The smallest absolute Gasteiger partial charge is 0.277 e. The molecule has 1 N–H and O–H groups in total. The van der Waals surface area contributed by atoms with Crippen molar-refractivity contribution in [2.75, 3.05) is 19.6 Å². The quantitative estimate of drug-likeness (QED) is 0.630. The second-order valence-electron chi connectivity index (χ2n) is 8.54. The van der Waals surface area contributed by atoms with E-state index in [9.17, 15) is 23.2 Å². The summed E-state index contributed by atoms with van der Waals surface area (Å²) in [7, 11) is 2.88. The molecule has 34 heavy (non-hydrogen) atoms. The Morgan fingerprint density at radius 2 is 1.82 bits per heavy atom. The van der Waals surface area contributed by atoms with Gasteiger partial charge in [0.1, 0.15) is 6.17 Å². The topological polar surface area (TPSA) is 80.6 Å². The molecule has 1 saturated carbocycles. The summed E-state index contributed by atoms with van der Waals surface area (Å²) in [6.07, 6.45) is 0.622. The molecule has 0 bridgehead atoms. The van der Waals surface area contributed by atoms with Crippen LogP contribution < -0.4 is 15.6 Å². The molecule has 1 fully saturated rings. The molecule has 1 aliphatic carbocycles. The van der Waals surface area contributed by atoms with Gasteiger partial charge in [-0.15, -0.1) is 0 Å². The summed E-state index contributed by atoms with van der Waals surface area (Å²) in [6, 6.07) is 9.78. The van der Waals surface area contributed by atoms with Crippen molar-refractivity contribution in [1.82, 2.24) is 9.58 Å². The third kappa shape index (κ3) is 4.69. The lowest BCUT2D eigenvalue weighted by Gasteiger charge is -2.38.